The van der Waals surface area contributed by atoms with Gasteiger partial charge in [0, 0.05) is 18.9 Å². The van der Waals surface area contributed by atoms with Crippen molar-refractivity contribution in [1.82, 2.24) is 24.8 Å². The summed E-state index contributed by atoms with van der Waals surface area (Å²) in [6, 6.07) is 1.27. The van der Waals surface area contributed by atoms with E-state index in [1.807, 2.05) is 0 Å². The molecule has 182 valence electrons. The summed E-state index contributed by atoms with van der Waals surface area (Å²) in [6.07, 6.45) is -3.11. The third kappa shape index (κ3) is 6.53. The zero-order valence-electron chi connectivity index (χ0n) is 18.1. The van der Waals surface area contributed by atoms with Gasteiger partial charge in [-0.1, -0.05) is 6.07 Å². The summed E-state index contributed by atoms with van der Waals surface area (Å²) in [4.78, 5) is 16.7. The molecule has 0 aromatic carbocycles. The Balaban J connectivity index is 2.04. The highest BCUT2D eigenvalue weighted by molar-refractivity contribution is 5.56. The predicted molar refractivity (Wildman–Crippen MR) is 112 cm³/mol. The number of nitrogens with zero attached hydrogens (tertiary/aromatic N) is 5. The predicted octanol–water partition coefficient (Wildman–Crippen LogP) is 4.42. The highest BCUT2D eigenvalue weighted by Crippen LogP contribution is 2.30. The van der Waals surface area contributed by atoms with Gasteiger partial charge in [0.15, 0.2) is 11.6 Å². The van der Waals surface area contributed by atoms with E-state index < -0.39 is 29.7 Å². The Morgan fingerprint density at radius 1 is 1.03 bits per heavy atom. The molecule has 0 saturated heterocycles. The first-order valence-corrected chi connectivity index (χ1v) is 9.80. The Morgan fingerprint density at radius 2 is 1.74 bits per heavy atom. The van der Waals surface area contributed by atoms with E-state index in [1.165, 1.54) is 51.4 Å². The van der Waals surface area contributed by atoms with Gasteiger partial charge in [0.2, 0.25) is 5.95 Å². The van der Waals surface area contributed by atoms with Gasteiger partial charge < -0.3 is 15.3 Å². The second-order valence-electron chi connectivity index (χ2n) is 7.95. The second kappa shape index (κ2) is 9.05. The fourth-order valence-electron chi connectivity index (χ4n) is 2.80. The molecule has 7 nitrogen and oxygen atoms in total. The Kier molecular flexibility index (Phi) is 6.69. The molecule has 3 heterocycles. The Labute approximate surface area is 190 Å². The van der Waals surface area contributed by atoms with Gasteiger partial charge >= 0.3 is 12.4 Å². The first-order chi connectivity index (χ1) is 15.6. The lowest BCUT2D eigenvalue weighted by Gasteiger charge is -2.29. The van der Waals surface area contributed by atoms with Crippen LogP contribution < -0.4 is 5.32 Å². The van der Waals surface area contributed by atoms with Gasteiger partial charge in [0.1, 0.15) is 17.4 Å². The van der Waals surface area contributed by atoms with Crippen LogP contribution in [0.2, 0.25) is 0 Å². The molecule has 0 amide bonds. The van der Waals surface area contributed by atoms with Crippen molar-refractivity contribution in [3.63, 3.8) is 0 Å². The molecule has 34 heavy (non-hydrogen) atoms. The van der Waals surface area contributed by atoms with Crippen molar-refractivity contribution < 1.29 is 31.4 Å². The number of nitrogens with one attached hydrogen (secondary N) is 1. The quantitative estimate of drug-likeness (QED) is 0.605. The molecule has 0 saturated carbocycles. The summed E-state index contributed by atoms with van der Waals surface area (Å²) in [6.45, 7) is 2.95. The van der Waals surface area contributed by atoms with Gasteiger partial charge in [0.05, 0.1) is 5.60 Å². The van der Waals surface area contributed by atoms with Crippen molar-refractivity contribution in [2.45, 2.75) is 37.8 Å². The minimum absolute atomic E-state index is 0.0204. The van der Waals surface area contributed by atoms with Crippen LogP contribution in [0.1, 0.15) is 25.4 Å². The lowest BCUT2D eigenvalue weighted by Crippen LogP contribution is -2.41. The van der Waals surface area contributed by atoms with Crippen molar-refractivity contribution in [2.24, 2.45) is 0 Å². The molecule has 0 spiro atoms. The fourth-order valence-corrected chi connectivity index (χ4v) is 2.80. The first-order valence-electron chi connectivity index (χ1n) is 9.80. The van der Waals surface area contributed by atoms with Crippen molar-refractivity contribution >= 4 is 12.0 Å². The Hall–Kier alpha value is -3.48. The Bertz CT molecular complexity index is 1130. The highest BCUT2D eigenvalue weighted by Gasteiger charge is 2.41. The monoisotopic (exact) mass is 486 g/mol. The number of hydrogen-bond donors (Lipinski definition) is 2. The second-order valence-corrected chi connectivity index (χ2v) is 7.95. The smallest absolute Gasteiger partial charge is 0.386 e. The zero-order valence-corrected chi connectivity index (χ0v) is 18.1. The molecule has 2 aromatic heterocycles. The SMILES string of the molecule is CN1C=CC(Nc2nc(/C=C/C(C)(C)O)nc(-c3cccc(C(F)(F)F)n3)n2)=CC1C(F)(F)F. The van der Waals surface area contributed by atoms with Crippen LogP contribution in [0.3, 0.4) is 0 Å². The van der Waals surface area contributed by atoms with Crippen LogP contribution in [-0.2, 0) is 6.18 Å². The number of aliphatic hydroxyl groups is 1. The standard InChI is InChI=1S/C21H20F6N6O/c1-19(2,34)9-7-16-30-17(13-5-4-6-14(29-13)20(22,23)24)32-18(31-16)28-12-8-10-33(3)15(11-12)21(25,26)27/h4-11,15,34H,1-3H3,(H,28,30,31,32)/b9-7+. The maximum atomic E-state index is 13.3. The van der Waals surface area contributed by atoms with Gasteiger partial charge in [-0.15, -0.1) is 0 Å². The minimum atomic E-state index is -4.70. The maximum absolute atomic E-state index is 13.3. The number of hydrogen-bond acceptors (Lipinski definition) is 7. The van der Waals surface area contributed by atoms with Gasteiger partial charge in [-0.3, -0.25) is 0 Å². The number of pyridine rings is 1. The summed E-state index contributed by atoms with van der Waals surface area (Å²) in [5, 5.41) is 12.5. The summed E-state index contributed by atoms with van der Waals surface area (Å²) >= 11 is 0. The van der Waals surface area contributed by atoms with E-state index in [9.17, 15) is 31.4 Å². The molecular formula is C21H20F6N6O. The van der Waals surface area contributed by atoms with E-state index in [0.29, 0.717) is 0 Å². The fraction of sp³-hybridized carbons (Fsp3) is 0.333. The van der Waals surface area contributed by atoms with Gasteiger partial charge in [-0.25, -0.2) is 9.97 Å². The average molecular weight is 486 g/mol. The number of allylic oxidation sites excluding steroid dienone is 1. The van der Waals surface area contributed by atoms with Crippen LogP contribution in [-0.4, -0.2) is 54.8 Å². The van der Waals surface area contributed by atoms with Crippen molar-refractivity contribution in [3.8, 4) is 11.5 Å². The first kappa shape index (κ1) is 25.1. The molecule has 1 aliphatic heterocycles. The van der Waals surface area contributed by atoms with Crippen LogP contribution in [0.4, 0.5) is 32.3 Å². The summed E-state index contributed by atoms with van der Waals surface area (Å²) in [7, 11) is 1.27. The minimum Gasteiger partial charge on any atom is -0.386 e. The van der Waals surface area contributed by atoms with Gasteiger partial charge in [-0.05, 0) is 50.3 Å². The number of anilines is 1. The molecule has 0 aliphatic carbocycles. The van der Waals surface area contributed by atoms with Gasteiger partial charge in [-0.2, -0.15) is 36.3 Å². The molecular weight excluding hydrogens is 466 g/mol. The van der Waals surface area contributed by atoms with Crippen molar-refractivity contribution in [1.29, 1.82) is 0 Å². The van der Waals surface area contributed by atoms with Gasteiger partial charge in [0.25, 0.3) is 0 Å². The van der Waals surface area contributed by atoms with E-state index in [2.05, 4.69) is 25.3 Å². The van der Waals surface area contributed by atoms with Crippen molar-refractivity contribution in [3.05, 3.63) is 59.8 Å². The number of likely N-dealkylation sites (N-methyl/N-ethyl adjacent to an activating group) is 1. The van der Waals surface area contributed by atoms with E-state index in [1.54, 1.807) is 0 Å². The average Bonchev–Trinajstić information content (AvgIpc) is 2.72. The van der Waals surface area contributed by atoms with E-state index in [4.69, 9.17) is 0 Å². The lowest BCUT2D eigenvalue weighted by molar-refractivity contribution is -0.161. The maximum Gasteiger partial charge on any atom is 0.433 e. The molecule has 1 atom stereocenters. The van der Waals surface area contributed by atoms with Crippen LogP contribution in [0.25, 0.3) is 17.6 Å². The molecule has 0 bridgehead atoms. The van der Waals surface area contributed by atoms with Crippen LogP contribution in [0.5, 0.6) is 0 Å². The normalized spacial score (nSPS) is 17.3. The highest BCUT2D eigenvalue weighted by atomic mass is 19.4. The summed E-state index contributed by atoms with van der Waals surface area (Å²) in [5.74, 6) is -0.524. The Morgan fingerprint density at radius 3 is 2.35 bits per heavy atom. The third-order valence-corrected chi connectivity index (χ3v) is 4.42. The number of rotatable bonds is 5. The van der Waals surface area contributed by atoms with Crippen LogP contribution in [0, 0.1) is 0 Å². The molecule has 2 aromatic rings. The van der Waals surface area contributed by atoms with E-state index >= 15 is 0 Å². The van der Waals surface area contributed by atoms with E-state index in [0.717, 1.165) is 23.1 Å². The largest absolute Gasteiger partial charge is 0.433 e. The summed E-state index contributed by atoms with van der Waals surface area (Å²) in [5.41, 5.74) is -2.62. The number of halogens is 6. The number of alkyl halides is 6. The lowest BCUT2D eigenvalue weighted by atomic mass is 10.1. The third-order valence-electron chi connectivity index (χ3n) is 4.42. The molecule has 3 rings (SSSR count). The number of aromatic nitrogens is 4. The molecule has 2 N–H and O–H groups in total. The van der Waals surface area contributed by atoms with E-state index in [-0.39, 0.29) is 29.0 Å². The summed E-state index contributed by atoms with van der Waals surface area (Å²) < 4.78 is 79.1. The van der Waals surface area contributed by atoms with Crippen LogP contribution in [0.15, 0.2) is 48.3 Å². The topological polar surface area (TPSA) is 87.1 Å². The molecule has 0 radical (unpaired) electrons. The molecule has 0 fully saturated rings. The zero-order chi connectivity index (χ0) is 25.3. The molecule has 1 aliphatic rings. The molecule has 1 unspecified atom stereocenters. The van der Waals surface area contributed by atoms with Crippen molar-refractivity contribution in [2.75, 3.05) is 12.4 Å². The van der Waals surface area contributed by atoms with Crippen LogP contribution >= 0.6 is 0 Å². The molecule has 13 heteroatoms.